The first kappa shape index (κ1) is 11.9. The Morgan fingerprint density at radius 1 is 1.21 bits per heavy atom. The number of carbonyl (C=O) groups excluding carboxylic acids is 1. The molecule has 0 aliphatic heterocycles. The lowest BCUT2D eigenvalue weighted by Gasteiger charge is -2.08. The van der Waals surface area contributed by atoms with Crippen molar-refractivity contribution in [1.82, 2.24) is 9.97 Å². The van der Waals surface area contributed by atoms with Crippen LogP contribution in [-0.2, 0) is 4.74 Å². The number of nitrogens with zero attached hydrogens (tertiary/aromatic N) is 2. The van der Waals surface area contributed by atoms with Crippen LogP contribution in [0.1, 0.15) is 10.4 Å². The number of para-hydroxylation sites is 1. The zero-order valence-electron chi connectivity index (χ0n) is 10.1. The van der Waals surface area contributed by atoms with Crippen molar-refractivity contribution in [2.24, 2.45) is 0 Å². The number of hydrogen-bond donors (Lipinski definition) is 0. The lowest BCUT2D eigenvalue weighted by atomic mass is 10.1. The van der Waals surface area contributed by atoms with E-state index in [1.807, 2.05) is 12.1 Å². The van der Waals surface area contributed by atoms with Crippen molar-refractivity contribution in [3.63, 3.8) is 0 Å². The minimum atomic E-state index is -0.428. The highest BCUT2D eigenvalue weighted by molar-refractivity contribution is 6.36. The molecule has 0 saturated heterocycles. The van der Waals surface area contributed by atoms with Crippen LogP contribution in [0.5, 0.6) is 0 Å². The standard InChI is InChI=1S/C14H9ClN2O2/c1-19-14(18)10-4-2-3-9-8-5-6-16-7-11(8)13(15)17-12(9)10/h2-7H,1H3. The third-order valence-electron chi connectivity index (χ3n) is 2.98. The number of ether oxygens (including phenoxy) is 1. The van der Waals surface area contributed by atoms with E-state index in [1.54, 1.807) is 24.5 Å². The summed E-state index contributed by atoms with van der Waals surface area (Å²) < 4.78 is 4.76. The number of fused-ring (bicyclic) bond motifs is 3. The molecule has 0 unspecified atom stereocenters. The zero-order chi connectivity index (χ0) is 13.4. The molecule has 94 valence electrons. The molecule has 0 saturated carbocycles. The van der Waals surface area contributed by atoms with Gasteiger partial charge in [-0.15, -0.1) is 0 Å². The molecule has 2 heterocycles. The van der Waals surface area contributed by atoms with Gasteiger partial charge < -0.3 is 4.74 Å². The molecule has 0 N–H and O–H groups in total. The van der Waals surface area contributed by atoms with Crippen LogP contribution in [0.2, 0.25) is 5.15 Å². The van der Waals surface area contributed by atoms with Crippen LogP contribution in [0, 0.1) is 0 Å². The van der Waals surface area contributed by atoms with Crippen molar-refractivity contribution in [2.75, 3.05) is 7.11 Å². The van der Waals surface area contributed by atoms with E-state index >= 15 is 0 Å². The number of rotatable bonds is 1. The normalized spacial score (nSPS) is 10.8. The van der Waals surface area contributed by atoms with Gasteiger partial charge >= 0.3 is 5.97 Å². The predicted octanol–water partition coefficient (Wildman–Crippen LogP) is 3.22. The monoisotopic (exact) mass is 272 g/mol. The van der Waals surface area contributed by atoms with E-state index in [1.165, 1.54) is 7.11 Å². The highest BCUT2D eigenvalue weighted by Crippen LogP contribution is 2.30. The predicted molar refractivity (Wildman–Crippen MR) is 73.4 cm³/mol. The largest absolute Gasteiger partial charge is 0.465 e. The van der Waals surface area contributed by atoms with Crippen LogP contribution in [0.25, 0.3) is 21.7 Å². The first-order valence-corrected chi connectivity index (χ1v) is 6.00. The molecule has 5 heteroatoms. The molecule has 0 atom stereocenters. The Labute approximate surface area is 114 Å². The Kier molecular flexibility index (Phi) is 2.80. The molecule has 19 heavy (non-hydrogen) atoms. The highest BCUT2D eigenvalue weighted by Gasteiger charge is 2.14. The molecule has 0 spiro atoms. The van der Waals surface area contributed by atoms with Gasteiger partial charge in [0.15, 0.2) is 0 Å². The number of esters is 1. The number of halogens is 1. The molecular formula is C14H9ClN2O2. The van der Waals surface area contributed by atoms with Crippen molar-refractivity contribution in [3.05, 3.63) is 47.4 Å². The molecule has 0 fully saturated rings. The molecule has 2 aromatic heterocycles. The highest BCUT2D eigenvalue weighted by atomic mass is 35.5. The summed E-state index contributed by atoms with van der Waals surface area (Å²) in [4.78, 5) is 20.1. The van der Waals surface area contributed by atoms with Gasteiger partial charge in [-0.3, -0.25) is 4.98 Å². The van der Waals surface area contributed by atoms with Crippen LogP contribution in [0.15, 0.2) is 36.7 Å². The van der Waals surface area contributed by atoms with Gasteiger partial charge in [0.05, 0.1) is 18.2 Å². The average molecular weight is 273 g/mol. The van der Waals surface area contributed by atoms with E-state index in [9.17, 15) is 4.79 Å². The van der Waals surface area contributed by atoms with Crippen molar-refractivity contribution in [2.45, 2.75) is 0 Å². The third-order valence-corrected chi connectivity index (χ3v) is 3.27. The molecule has 0 bridgehead atoms. The molecule has 0 radical (unpaired) electrons. The summed E-state index contributed by atoms with van der Waals surface area (Å²) in [6.07, 6.45) is 3.35. The van der Waals surface area contributed by atoms with Crippen LogP contribution in [0.4, 0.5) is 0 Å². The quantitative estimate of drug-likeness (QED) is 0.388. The van der Waals surface area contributed by atoms with Crippen LogP contribution < -0.4 is 0 Å². The minimum absolute atomic E-state index is 0.326. The summed E-state index contributed by atoms with van der Waals surface area (Å²) >= 11 is 6.15. The fraction of sp³-hybridized carbons (Fsp3) is 0.0714. The zero-order valence-corrected chi connectivity index (χ0v) is 10.8. The molecule has 4 nitrogen and oxygen atoms in total. The second-order valence-corrected chi connectivity index (χ2v) is 4.38. The summed E-state index contributed by atoms with van der Waals surface area (Å²) in [6.45, 7) is 0. The van der Waals surface area contributed by atoms with Crippen LogP contribution in [0.3, 0.4) is 0 Å². The van der Waals surface area contributed by atoms with E-state index in [0.717, 1.165) is 16.2 Å². The molecule has 3 aromatic rings. The van der Waals surface area contributed by atoms with Gasteiger partial charge in [-0.05, 0) is 17.5 Å². The Balaban J connectivity index is 2.49. The van der Waals surface area contributed by atoms with Gasteiger partial charge in [-0.25, -0.2) is 9.78 Å². The number of aromatic nitrogens is 2. The van der Waals surface area contributed by atoms with Gasteiger partial charge in [-0.1, -0.05) is 23.7 Å². The van der Waals surface area contributed by atoms with E-state index < -0.39 is 5.97 Å². The first-order valence-electron chi connectivity index (χ1n) is 5.62. The van der Waals surface area contributed by atoms with Crippen LogP contribution in [-0.4, -0.2) is 23.0 Å². The van der Waals surface area contributed by atoms with Crippen molar-refractivity contribution >= 4 is 39.2 Å². The maximum absolute atomic E-state index is 11.8. The van der Waals surface area contributed by atoms with Gasteiger partial charge in [0.1, 0.15) is 5.15 Å². The van der Waals surface area contributed by atoms with E-state index in [4.69, 9.17) is 16.3 Å². The number of carbonyl (C=O) groups is 1. The van der Waals surface area contributed by atoms with Gasteiger partial charge in [0.2, 0.25) is 0 Å². The second kappa shape index (κ2) is 4.48. The maximum Gasteiger partial charge on any atom is 0.340 e. The van der Waals surface area contributed by atoms with E-state index in [2.05, 4.69) is 9.97 Å². The molecule has 0 aliphatic carbocycles. The summed E-state index contributed by atoms with van der Waals surface area (Å²) in [5, 5.41) is 2.85. The van der Waals surface area contributed by atoms with Crippen molar-refractivity contribution in [3.8, 4) is 0 Å². The summed E-state index contributed by atoms with van der Waals surface area (Å²) in [6, 6.07) is 7.22. The summed E-state index contributed by atoms with van der Waals surface area (Å²) in [5.41, 5.74) is 0.943. The minimum Gasteiger partial charge on any atom is -0.465 e. The van der Waals surface area contributed by atoms with E-state index in [0.29, 0.717) is 16.2 Å². The first-order chi connectivity index (χ1) is 9.22. The molecule has 0 aliphatic rings. The third kappa shape index (κ3) is 1.81. The molecule has 0 amide bonds. The van der Waals surface area contributed by atoms with Crippen molar-refractivity contribution in [1.29, 1.82) is 0 Å². The Morgan fingerprint density at radius 3 is 2.84 bits per heavy atom. The lowest BCUT2D eigenvalue weighted by Crippen LogP contribution is -2.03. The fourth-order valence-electron chi connectivity index (χ4n) is 2.11. The second-order valence-electron chi connectivity index (χ2n) is 4.02. The van der Waals surface area contributed by atoms with Crippen molar-refractivity contribution < 1.29 is 9.53 Å². The Hall–Kier alpha value is -2.20. The van der Waals surface area contributed by atoms with E-state index in [-0.39, 0.29) is 0 Å². The fourth-order valence-corrected chi connectivity index (χ4v) is 2.34. The Morgan fingerprint density at radius 2 is 2.05 bits per heavy atom. The SMILES string of the molecule is COC(=O)c1cccc2c1nc(Cl)c1cnccc12. The lowest BCUT2D eigenvalue weighted by molar-refractivity contribution is 0.0603. The Bertz CT molecular complexity index is 802. The summed E-state index contributed by atoms with van der Waals surface area (Å²) in [5.74, 6) is -0.428. The summed E-state index contributed by atoms with van der Waals surface area (Å²) in [7, 11) is 1.34. The molecule has 3 rings (SSSR count). The number of benzene rings is 1. The number of methoxy groups -OCH3 is 1. The van der Waals surface area contributed by atoms with Gasteiger partial charge in [-0.2, -0.15) is 0 Å². The maximum atomic E-state index is 11.8. The van der Waals surface area contributed by atoms with Gasteiger partial charge in [0, 0.05) is 23.2 Å². The average Bonchev–Trinajstić information content (AvgIpc) is 2.46. The number of pyridine rings is 2. The molecular weight excluding hydrogens is 264 g/mol. The van der Waals surface area contributed by atoms with Gasteiger partial charge in [0.25, 0.3) is 0 Å². The smallest absolute Gasteiger partial charge is 0.340 e. The number of hydrogen-bond acceptors (Lipinski definition) is 4. The topological polar surface area (TPSA) is 52.1 Å². The van der Waals surface area contributed by atoms with Crippen LogP contribution >= 0.6 is 11.6 Å². The molecule has 1 aromatic carbocycles.